The van der Waals surface area contributed by atoms with Gasteiger partial charge in [0.15, 0.2) is 0 Å². The van der Waals surface area contributed by atoms with Crippen molar-refractivity contribution >= 4 is 11.9 Å². The van der Waals surface area contributed by atoms with Crippen LogP contribution in [-0.4, -0.2) is 25.2 Å². The summed E-state index contributed by atoms with van der Waals surface area (Å²) in [5, 5.41) is 0. The van der Waals surface area contributed by atoms with Crippen molar-refractivity contribution in [3.05, 3.63) is 47.6 Å². The van der Waals surface area contributed by atoms with E-state index in [0.29, 0.717) is 33.5 Å². The minimum atomic E-state index is -0.533. The summed E-state index contributed by atoms with van der Waals surface area (Å²) in [5.74, 6) is 1.54. The Morgan fingerprint density at radius 1 is 0.681 bits per heavy atom. The van der Waals surface area contributed by atoms with E-state index in [1.165, 1.54) is 73.7 Å². The van der Waals surface area contributed by atoms with E-state index < -0.39 is 11.9 Å². The van der Waals surface area contributed by atoms with Crippen molar-refractivity contribution in [3.8, 4) is 0 Å². The van der Waals surface area contributed by atoms with Crippen LogP contribution in [0.1, 0.15) is 152 Å². The monoisotopic (exact) mass is 649 g/mol. The van der Waals surface area contributed by atoms with E-state index in [1.807, 2.05) is 12.2 Å². The molecule has 4 saturated carbocycles. The number of carbonyl (C=O) groups is 2. The molecule has 0 aliphatic heterocycles. The van der Waals surface area contributed by atoms with Gasteiger partial charge in [0, 0.05) is 0 Å². The lowest BCUT2D eigenvalue weighted by atomic mass is 9.47. The number of ether oxygens (including phenoxy) is 2. The van der Waals surface area contributed by atoms with Crippen molar-refractivity contribution in [2.24, 2.45) is 45.3 Å². The van der Waals surface area contributed by atoms with E-state index in [4.69, 9.17) is 9.47 Å². The molecule has 0 radical (unpaired) electrons. The third-order valence-corrected chi connectivity index (χ3v) is 13.9. The van der Waals surface area contributed by atoms with Crippen LogP contribution < -0.4 is 0 Å². The number of fused-ring (bicyclic) bond motifs is 2. The lowest BCUT2D eigenvalue weighted by Crippen LogP contribution is -2.49. The molecular formula is C43H68O4. The molecule has 0 N–H and O–H groups in total. The molecule has 0 bridgehead atoms. The second-order valence-corrected chi connectivity index (χ2v) is 18.0. The highest BCUT2D eigenvalue weighted by Gasteiger charge is 2.53. The van der Waals surface area contributed by atoms with Gasteiger partial charge < -0.3 is 9.47 Å². The summed E-state index contributed by atoms with van der Waals surface area (Å²) in [4.78, 5) is 24.7. The molecule has 4 nitrogen and oxygen atoms in total. The molecule has 0 amide bonds. The van der Waals surface area contributed by atoms with E-state index in [1.54, 1.807) is 0 Å². The maximum absolute atomic E-state index is 12.4. The fraction of sp³-hybridized carbons (Fsp3) is 0.767. The van der Waals surface area contributed by atoms with Crippen molar-refractivity contribution < 1.29 is 19.1 Å². The average Bonchev–Trinajstić information content (AvgIpc) is 2.95. The summed E-state index contributed by atoms with van der Waals surface area (Å²) in [7, 11) is 0. The van der Waals surface area contributed by atoms with Crippen molar-refractivity contribution in [1.82, 2.24) is 0 Å². The molecule has 0 heterocycles. The molecule has 4 aliphatic carbocycles. The van der Waals surface area contributed by atoms with Crippen molar-refractivity contribution in [3.63, 3.8) is 0 Å². The molecule has 6 atom stereocenters. The number of rotatable bonds is 12. The number of esters is 2. The van der Waals surface area contributed by atoms with Crippen molar-refractivity contribution in [2.75, 3.05) is 13.2 Å². The van der Waals surface area contributed by atoms with Crippen LogP contribution in [0, 0.1) is 45.3 Å². The second-order valence-electron chi connectivity index (χ2n) is 18.0. The quantitative estimate of drug-likeness (QED) is 0.120. The lowest BCUT2D eigenvalue weighted by molar-refractivity contribution is -0.153. The third kappa shape index (κ3) is 8.74. The Morgan fingerprint density at radius 3 is 1.45 bits per heavy atom. The van der Waals surface area contributed by atoms with Crippen LogP contribution >= 0.6 is 0 Å². The first kappa shape index (κ1) is 37.7. The molecule has 4 rings (SSSR count). The van der Waals surface area contributed by atoms with Gasteiger partial charge in [0.05, 0.1) is 0 Å². The Kier molecular flexibility index (Phi) is 12.2. The van der Waals surface area contributed by atoms with Crippen molar-refractivity contribution in [1.29, 1.82) is 0 Å². The highest BCUT2D eigenvalue weighted by atomic mass is 16.6. The zero-order chi connectivity index (χ0) is 34.6. The number of hydrogen-bond acceptors (Lipinski definition) is 4. The first-order chi connectivity index (χ1) is 22.0. The van der Waals surface area contributed by atoms with Crippen molar-refractivity contribution in [2.45, 2.75) is 152 Å². The van der Waals surface area contributed by atoms with Gasteiger partial charge in [-0.05, 0) is 148 Å². The van der Waals surface area contributed by atoms with Gasteiger partial charge in [-0.15, -0.1) is 0 Å². The number of allylic oxidation sites excluding steroid dienone is 4. The predicted molar refractivity (Wildman–Crippen MR) is 195 cm³/mol. The topological polar surface area (TPSA) is 52.6 Å². The minimum Gasteiger partial charge on any atom is -0.461 e. The molecule has 264 valence electrons. The van der Waals surface area contributed by atoms with Crippen LogP contribution in [-0.2, 0) is 19.1 Å². The Morgan fingerprint density at radius 2 is 1.06 bits per heavy atom. The first-order valence-corrected chi connectivity index (χ1v) is 19.0. The first-order valence-electron chi connectivity index (χ1n) is 19.0. The molecule has 4 heteroatoms. The van der Waals surface area contributed by atoms with Crippen LogP contribution in [0.3, 0.4) is 0 Å². The highest BCUT2D eigenvalue weighted by Crippen LogP contribution is 2.63. The fourth-order valence-electron chi connectivity index (χ4n) is 11.3. The summed E-state index contributed by atoms with van der Waals surface area (Å²) in [6.07, 6.45) is 20.5. The molecule has 0 spiro atoms. The average molecular weight is 649 g/mol. The molecular weight excluding hydrogens is 580 g/mol. The van der Waals surface area contributed by atoms with Crippen LogP contribution in [0.25, 0.3) is 0 Å². The van der Waals surface area contributed by atoms with E-state index in [2.05, 4.69) is 68.5 Å². The molecule has 4 fully saturated rings. The maximum atomic E-state index is 12.4. The van der Waals surface area contributed by atoms with E-state index in [9.17, 15) is 9.59 Å². The van der Waals surface area contributed by atoms with Gasteiger partial charge in [0.1, 0.15) is 19.6 Å². The molecule has 4 aliphatic rings. The SMILES string of the molecule is C=C1CCC2C(C)(C)CCCC2(C)C1CCC(C)=CCOC(=O)CC(=O)OCC=C(C)CCC1C(=C)CCC2C(C)(C)CCCC12C. The van der Waals surface area contributed by atoms with Gasteiger partial charge in [0.2, 0.25) is 0 Å². The van der Waals surface area contributed by atoms with E-state index in [0.717, 1.165) is 50.4 Å². The van der Waals surface area contributed by atoms with Gasteiger partial charge in [-0.1, -0.05) is 89.8 Å². The third-order valence-electron chi connectivity index (χ3n) is 13.9. The Labute approximate surface area is 288 Å². The summed E-state index contributed by atoms with van der Waals surface area (Å²) < 4.78 is 10.8. The zero-order valence-electron chi connectivity index (χ0n) is 31.5. The molecule has 0 saturated heterocycles. The van der Waals surface area contributed by atoms with Gasteiger partial charge in [-0.25, -0.2) is 0 Å². The van der Waals surface area contributed by atoms with Gasteiger partial charge in [-0.2, -0.15) is 0 Å². The fourth-order valence-corrected chi connectivity index (χ4v) is 11.3. The van der Waals surface area contributed by atoms with Gasteiger partial charge in [-0.3, -0.25) is 9.59 Å². The Hall–Kier alpha value is -2.10. The molecule has 0 aromatic rings. The normalized spacial score (nSPS) is 33.9. The molecule has 0 aromatic heterocycles. The Bertz CT molecular complexity index is 1140. The smallest absolute Gasteiger partial charge is 0.317 e. The Balaban J connectivity index is 1.16. The largest absolute Gasteiger partial charge is 0.461 e. The van der Waals surface area contributed by atoms with Crippen LogP contribution in [0.15, 0.2) is 47.6 Å². The molecule has 0 aromatic carbocycles. The summed E-state index contributed by atoms with van der Waals surface area (Å²) in [6, 6.07) is 0. The maximum Gasteiger partial charge on any atom is 0.317 e. The standard InChI is InChI=1S/C43H68O4/c1-30(13-17-34-32(3)15-19-36-40(5,6)23-11-25-42(34,36)9)21-27-46-38(44)29-39(45)47-28-22-31(2)14-18-35-33(4)16-20-37-41(7,8)24-12-26-43(35,37)10/h21-22,34-37H,3-4,11-20,23-29H2,1-2,5-10H3. The minimum absolute atomic E-state index is 0.193. The zero-order valence-corrected chi connectivity index (χ0v) is 31.5. The van der Waals surface area contributed by atoms with Crippen LogP contribution in [0.4, 0.5) is 0 Å². The van der Waals surface area contributed by atoms with E-state index >= 15 is 0 Å². The summed E-state index contributed by atoms with van der Waals surface area (Å²) in [5.41, 5.74) is 6.77. The predicted octanol–water partition coefficient (Wildman–Crippen LogP) is 11.5. The number of hydrogen-bond donors (Lipinski definition) is 0. The number of carbonyl (C=O) groups excluding carboxylic acids is 2. The summed E-state index contributed by atoms with van der Waals surface area (Å²) >= 11 is 0. The van der Waals surface area contributed by atoms with E-state index in [-0.39, 0.29) is 19.6 Å². The van der Waals surface area contributed by atoms with Crippen LogP contribution in [0.5, 0.6) is 0 Å². The summed E-state index contributed by atoms with van der Waals surface area (Å²) in [6.45, 7) is 28.6. The van der Waals surface area contributed by atoms with Gasteiger partial charge >= 0.3 is 11.9 Å². The highest BCUT2D eigenvalue weighted by molar-refractivity contribution is 5.91. The van der Waals surface area contributed by atoms with Gasteiger partial charge in [0.25, 0.3) is 0 Å². The second kappa shape index (κ2) is 15.2. The molecule has 47 heavy (non-hydrogen) atoms. The lowest BCUT2D eigenvalue weighted by Gasteiger charge is -2.58. The molecule has 6 unspecified atom stereocenters. The van der Waals surface area contributed by atoms with Crippen LogP contribution in [0.2, 0.25) is 0 Å².